The van der Waals surface area contributed by atoms with Crippen molar-refractivity contribution in [1.82, 2.24) is 15.1 Å². The Hall–Kier alpha value is -1.83. The molecule has 8 nitrogen and oxygen atoms in total. The van der Waals surface area contributed by atoms with Gasteiger partial charge in [-0.3, -0.25) is 9.59 Å². The first-order valence-electron chi connectivity index (χ1n) is 7.09. The minimum atomic E-state index is -1.11. The highest BCUT2D eigenvalue weighted by atomic mass is 16.4. The predicted octanol–water partition coefficient (Wildman–Crippen LogP) is -0.524. The van der Waals surface area contributed by atoms with Crippen LogP contribution in [0.3, 0.4) is 0 Å². The first-order chi connectivity index (χ1) is 9.97. The average Bonchev–Trinajstić information content (AvgIpc) is 2.44. The van der Waals surface area contributed by atoms with E-state index >= 15 is 0 Å². The van der Waals surface area contributed by atoms with Crippen LogP contribution in [0.4, 0.5) is 4.79 Å². The summed E-state index contributed by atoms with van der Waals surface area (Å²) in [4.78, 5) is 37.7. The topological polar surface area (TPSA) is 110 Å². The van der Waals surface area contributed by atoms with Gasteiger partial charge in [0.2, 0.25) is 5.91 Å². The number of hydrogen-bond donors (Lipinski definition) is 3. The number of aliphatic carboxylic acids is 1. The van der Waals surface area contributed by atoms with E-state index < -0.39 is 24.3 Å². The van der Waals surface area contributed by atoms with Crippen LogP contribution in [0.25, 0.3) is 0 Å². The van der Waals surface area contributed by atoms with Gasteiger partial charge in [0.1, 0.15) is 6.04 Å². The van der Waals surface area contributed by atoms with Crippen molar-refractivity contribution >= 4 is 17.9 Å². The lowest BCUT2D eigenvalue weighted by atomic mass is 10.1. The molecule has 3 amide bonds. The van der Waals surface area contributed by atoms with Gasteiger partial charge in [0, 0.05) is 33.3 Å². The molecule has 3 N–H and O–H groups in total. The fourth-order valence-corrected chi connectivity index (χ4v) is 2.26. The second kappa shape index (κ2) is 8.46. The number of nitrogens with zero attached hydrogens (tertiary/aromatic N) is 2. The molecule has 0 bridgehead atoms. The summed E-state index contributed by atoms with van der Waals surface area (Å²) in [5.74, 6) is -1.54. The van der Waals surface area contributed by atoms with Gasteiger partial charge in [-0.1, -0.05) is 0 Å². The molecule has 1 aliphatic heterocycles. The fraction of sp³-hybridized carbons (Fsp3) is 0.769. The van der Waals surface area contributed by atoms with Crippen molar-refractivity contribution in [2.24, 2.45) is 0 Å². The first-order valence-corrected chi connectivity index (χ1v) is 7.09. The van der Waals surface area contributed by atoms with E-state index in [0.29, 0.717) is 26.1 Å². The Balaban J connectivity index is 2.59. The summed E-state index contributed by atoms with van der Waals surface area (Å²) >= 11 is 0. The second-order valence-electron chi connectivity index (χ2n) is 5.09. The van der Waals surface area contributed by atoms with Gasteiger partial charge >= 0.3 is 12.0 Å². The molecule has 1 fully saturated rings. The average molecular weight is 301 g/mol. The number of aliphatic hydroxyl groups is 1. The zero-order valence-corrected chi connectivity index (χ0v) is 12.2. The summed E-state index contributed by atoms with van der Waals surface area (Å²) in [7, 11) is 1.63. The summed E-state index contributed by atoms with van der Waals surface area (Å²) in [6.07, 6.45) is 1.87. The normalized spacial score (nSPS) is 18.3. The van der Waals surface area contributed by atoms with E-state index in [4.69, 9.17) is 10.2 Å². The Bertz CT molecular complexity index is 388. The minimum Gasteiger partial charge on any atom is -0.481 e. The molecule has 1 unspecified atom stereocenters. The maximum absolute atomic E-state index is 12.3. The lowest BCUT2D eigenvalue weighted by Gasteiger charge is -2.36. The number of piperazine rings is 1. The molecule has 1 rings (SSSR count). The molecule has 0 aromatic rings. The molecule has 120 valence electrons. The van der Waals surface area contributed by atoms with Crippen LogP contribution in [0, 0.1) is 0 Å². The van der Waals surface area contributed by atoms with E-state index in [1.165, 1.54) is 9.80 Å². The van der Waals surface area contributed by atoms with Crippen LogP contribution in [-0.4, -0.2) is 77.3 Å². The van der Waals surface area contributed by atoms with Crippen LogP contribution >= 0.6 is 0 Å². The molecule has 0 radical (unpaired) electrons. The Morgan fingerprint density at radius 2 is 2.10 bits per heavy atom. The van der Waals surface area contributed by atoms with Gasteiger partial charge in [0.05, 0.1) is 6.42 Å². The van der Waals surface area contributed by atoms with Gasteiger partial charge in [0.15, 0.2) is 0 Å². The largest absolute Gasteiger partial charge is 0.481 e. The van der Waals surface area contributed by atoms with Gasteiger partial charge in [-0.05, 0) is 19.3 Å². The van der Waals surface area contributed by atoms with Crippen LogP contribution in [0.1, 0.15) is 25.7 Å². The number of hydrogen-bond acceptors (Lipinski definition) is 4. The number of aliphatic hydroxyl groups excluding tert-OH is 1. The van der Waals surface area contributed by atoms with Crippen LogP contribution in [0.2, 0.25) is 0 Å². The molecule has 1 atom stereocenters. The maximum atomic E-state index is 12.3. The number of carbonyl (C=O) groups is 3. The van der Waals surface area contributed by atoms with Crippen molar-refractivity contribution < 1.29 is 24.6 Å². The lowest BCUT2D eigenvalue weighted by Crippen LogP contribution is -2.60. The zero-order chi connectivity index (χ0) is 15.8. The third kappa shape index (κ3) is 5.22. The molecule has 1 aliphatic rings. The molecule has 0 aromatic heterocycles. The van der Waals surface area contributed by atoms with Crippen molar-refractivity contribution in [3.8, 4) is 0 Å². The maximum Gasteiger partial charge on any atom is 0.320 e. The summed E-state index contributed by atoms with van der Waals surface area (Å²) in [6.45, 7) is 1.28. The molecular weight excluding hydrogens is 278 g/mol. The van der Waals surface area contributed by atoms with Gasteiger partial charge in [-0.15, -0.1) is 0 Å². The van der Waals surface area contributed by atoms with E-state index in [0.717, 1.165) is 12.8 Å². The summed E-state index contributed by atoms with van der Waals surface area (Å²) in [5, 5.41) is 20.1. The summed E-state index contributed by atoms with van der Waals surface area (Å²) in [5.41, 5.74) is 0. The van der Waals surface area contributed by atoms with Crippen LogP contribution in [0.5, 0.6) is 0 Å². The molecule has 21 heavy (non-hydrogen) atoms. The highest BCUT2D eigenvalue weighted by molar-refractivity contribution is 5.91. The van der Waals surface area contributed by atoms with Gasteiger partial charge < -0.3 is 25.3 Å². The van der Waals surface area contributed by atoms with E-state index in [9.17, 15) is 14.4 Å². The highest BCUT2D eigenvalue weighted by Gasteiger charge is 2.35. The highest BCUT2D eigenvalue weighted by Crippen LogP contribution is 2.12. The zero-order valence-electron chi connectivity index (χ0n) is 12.2. The van der Waals surface area contributed by atoms with Gasteiger partial charge in [0.25, 0.3) is 0 Å². The number of nitrogens with one attached hydrogen (secondary N) is 1. The molecule has 8 heteroatoms. The number of amides is 3. The molecule has 1 heterocycles. The summed E-state index contributed by atoms with van der Waals surface area (Å²) in [6, 6.07) is -1.29. The quantitative estimate of drug-likeness (QED) is 0.548. The molecule has 0 saturated carbocycles. The van der Waals surface area contributed by atoms with Crippen LogP contribution in [0.15, 0.2) is 0 Å². The van der Waals surface area contributed by atoms with Crippen molar-refractivity contribution in [3.63, 3.8) is 0 Å². The van der Waals surface area contributed by atoms with E-state index in [-0.39, 0.29) is 12.6 Å². The smallest absolute Gasteiger partial charge is 0.320 e. The molecule has 0 spiro atoms. The third-order valence-electron chi connectivity index (χ3n) is 3.42. The van der Waals surface area contributed by atoms with E-state index in [2.05, 4.69) is 5.32 Å². The number of carboxylic acids is 1. The lowest BCUT2D eigenvalue weighted by molar-refractivity contribution is -0.142. The van der Waals surface area contributed by atoms with Crippen LogP contribution in [-0.2, 0) is 9.59 Å². The number of urea groups is 1. The number of carbonyl (C=O) groups excluding carboxylic acids is 2. The van der Waals surface area contributed by atoms with Crippen molar-refractivity contribution in [2.75, 3.05) is 33.3 Å². The van der Waals surface area contributed by atoms with Crippen molar-refractivity contribution in [2.45, 2.75) is 31.7 Å². The third-order valence-corrected chi connectivity index (χ3v) is 3.42. The molecule has 1 saturated heterocycles. The Labute approximate surface area is 123 Å². The predicted molar refractivity (Wildman–Crippen MR) is 74.7 cm³/mol. The SMILES string of the molecule is CN(CCCCCO)C(=O)N1CCNC(=O)C1CC(=O)O. The minimum absolute atomic E-state index is 0.130. The van der Waals surface area contributed by atoms with Crippen molar-refractivity contribution in [3.05, 3.63) is 0 Å². The van der Waals surface area contributed by atoms with E-state index in [1.807, 2.05) is 0 Å². The van der Waals surface area contributed by atoms with Gasteiger partial charge in [-0.2, -0.15) is 0 Å². The standard InChI is InChI=1S/C13H23N3O5/c1-15(6-3-2-4-8-17)13(21)16-7-5-14-12(20)10(16)9-11(18)19/h10,17H,2-9H2,1H3,(H,14,20)(H,18,19). The van der Waals surface area contributed by atoms with E-state index in [1.54, 1.807) is 7.05 Å². The van der Waals surface area contributed by atoms with Crippen LogP contribution < -0.4 is 5.32 Å². The number of carboxylic acid groups (broad SMARTS) is 1. The fourth-order valence-electron chi connectivity index (χ4n) is 2.26. The van der Waals surface area contributed by atoms with Gasteiger partial charge in [-0.25, -0.2) is 4.79 Å². The first kappa shape index (κ1) is 17.2. The molecule has 0 aromatic carbocycles. The number of unbranched alkanes of at least 4 members (excludes halogenated alkanes) is 2. The van der Waals surface area contributed by atoms with Crippen molar-refractivity contribution in [1.29, 1.82) is 0 Å². The Morgan fingerprint density at radius 1 is 1.38 bits per heavy atom. The molecule has 0 aliphatic carbocycles. The number of rotatable bonds is 7. The Kier molecular flexibility index (Phi) is 6.93. The molecular formula is C13H23N3O5. The second-order valence-corrected chi connectivity index (χ2v) is 5.09. The monoisotopic (exact) mass is 301 g/mol. The Morgan fingerprint density at radius 3 is 2.71 bits per heavy atom. The summed E-state index contributed by atoms with van der Waals surface area (Å²) < 4.78 is 0.